The number of aromatic nitrogens is 1. The molecule has 6 heteroatoms. The summed E-state index contributed by atoms with van der Waals surface area (Å²) in [6.45, 7) is 0. The molecule has 0 spiro atoms. The van der Waals surface area contributed by atoms with Crippen molar-refractivity contribution in [2.45, 2.75) is 31.7 Å². The van der Waals surface area contributed by atoms with Gasteiger partial charge in [0.25, 0.3) is 5.91 Å². The Labute approximate surface area is 190 Å². The minimum atomic E-state index is -0.0665. The molecule has 156 valence electrons. The van der Waals surface area contributed by atoms with Crippen LogP contribution in [-0.2, 0) is 12.8 Å². The molecule has 1 atom stereocenters. The monoisotopic (exact) mass is 445 g/mol. The molecule has 1 amide bonds. The molecule has 1 aliphatic rings. The number of fused-ring (bicyclic) bond motifs is 1. The molecule has 1 aromatic carbocycles. The summed E-state index contributed by atoms with van der Waals surface area (Å²) in [4.78, 5) is 20.1. The van der Waals surface area contributed by atoms with Gasteiger partial charge in [-0.15, -0.1) is 22.7 Å². The van der Waals surface area contributed by atoms with E-state index in [-0.39, 0.29) is 11.9 Å². The van der Waals surface area contributed by atoms with Crippen LogP contribution in [0.1, 0.15) is 50.1 Å². The van der Waals surface area contributed by atoms with E-state index in [2.05, 4.69) is 33.1 Å². The summed E-state index contributed by atoms with van der Waals surface area (Å²) in [5.41, 5.74) is 3.25. The van der Waals surface area contributed by atoms with Gasteiger partial charge in [0.05, 0.1) is 6.04 Å². The standard InChI is InChI=1S/C25H23N3OS2/c29-24(17-9-2-1-3-10-17)28-25-22(18-11-4-5-12-19(18)31-25)23(20-13-8-16-30-20)27-21-14-6-7-15-26-21/h1-3,6-10,13-16,23H,4-5,11-12H2,(H,26,27)(H,28,29). The quantitative estimate of drug-likeness (QED) is 0.354. The maximum Gasteiger partial charge on any atom is 0.256 e. The fourth-order valence-electron chi connectivity index (χ4n) is 4.09. The number of nitrogens with zero attached hydrogens (tertiary/aromatic N) is 1. The summed E-state index contributed by atoms with van der Waals surface area (Å²) in [7, 11) is 0. The van der Waals surface area contributed by atoms with E-state index in [1.807, 2.05) is 48.5 Å². The maximum atomic E-state index is 13.0. The van der Waals surface area contributed by atoms with Crippen molar-refractivity contribution in [3.05, 3.63) is 98.7 Å². The molecular weight excluding hydrogens is 422 g/mol. The molecule has 1 unspecified atom stereocenters. The first-order chi connectivity index (χ1) is 15.3. The van der Waals surface area contributed by atoms with Crippen LogP contribution < -0.4 is 10.6 Å². The molecule has 0 saturated carbocycles. The number of thiophene rings is 2. The smallest absolute Gasteiger partial charge is 0.256 e. The van der Waals surface area contributed by atoms with Gasteiger partial charge in [0.1, 0.15) is 10.8 Å². The second-order valence-electron chi connectivity index (χ2n) is 7.58. The highest BCUT2D eigenvalue weighted by atomic mass is 32.1. The third kappa shape index (κ3) is 4.27. The zero-order valence-electron chi connectivity index (χ0n) is 17.0. The second-order valence-corrected chi connectivity index (χ2v) is 9.67. The number of aryl methyl sites for hydroxylation is 1. The molecule has 3 heterocycles. The minimum Gasteiger partial charge on any atom is -0.358 e. The maximum absolute atomic E-state index is 13.0. The van der Waals surface area contributed by atoms with Crippen LogP contribution in [0.4, 0.5) is 10.8 Å². The molecule has 3 aromatic heterocycles. The van der Waals surface area contributed by atoms with Crippen molar-refractivity contribution in [1.29, 1.82) is 0 Å². The number of amides is 1. The van der Waals surface area contributed by atoms with Gasteiger partial charge in [-0.25, -0.2) is 4.98 Å². The average molecular weight is 446 g/mol. The van der Waals surface area contributed by atoms with E-state index in [0.717, 1.165) is 23.7 Å². The van der Waals surface area contributed by atoms with Crippen molar-refractivity contribution in [2.75, 3.05) is 10.6 Å². The summed E-state index contributed by atoms with van der Waals surface area (Å²) >= 11 is 3.46. The number of rotatable bonds is 6. The summed E-state index contributed by atoms with van der Waals surface area (Å²) in [6, 6.07) is 19.5. The number of carbonyl (C=O) groups is 1. The van der Waals surface area contributed by atoms with Gasteiger partial charge in [-0.05, 0) is 67.0 Å². The fourth-order valence-corrected chi connectivity index (χ4v) is 6.20. The molecule has 4 aromatic rings. The molecule has 0 radical (unpaired) electrons. The third-order valence-corrected chi connectivity index (χ3v) is 7.71. The van der Waals surface area contributed by atoms with Crippen LogP contribution in [0, 0.1) is 0 Å². The highest BCUT2D eigenvalue weighted by Gasteiger charge is 2.29. The molecule has 0 saturated heterocycles. The summed E-state index contributed by atoms with van der Waals surface area (Å²) in [5, 5.41) is 9.93. The molecule has 0 fully saturated rings. The average Bonchev–Trinajstić information content (AvgIpc) is 3.47. The predicted molar refractivity (Wildman–Crippen MR) is 129 cm³/mol. The van der Waals surface area contributed by atoms with E-state index in [4.69, 9.17) is 0 Å². The number of benzene rings is 1. The molecule has 0 aliphatic heterocycles. The first-order valence-electron chi connectivity index (χ1n) is 10.5. The lowest BCUT2D eigenvalue weighted by atomic mass is 9.91. The Balaban J connectivity index is 1.58. The second kappa shape index (κ2) is 9.04. The Morgan fingerprint density at radius 3 is 2.58 bits per heavy atom. The van der Waals surface area contributed by atoms with Crippen molar-refractivity contribution in [2.24, 2.45) is 0 Å². The number of nitrogens with one attached hydrogen (secondary N) is 2. The van der Waals surface area contributed by atoms with Gasteiger partial charge in [-0.1, -0.05) is 30.3 Å². The number of carbonyl (C=O) groups excluding carboxylic acids is 1. The van der Waals surface area contributed by atoms with Gasteiger partial charge in [-0.3, -0.25) is 4.79 Å². The topological polar surface area (TPSA) is 54.0 Å². The number of hydrogen-bond acceptors (Lipinski definition) is 5. The van der Waals surface area contributed by atoms with Gasteiger partial charge >= 0.3 is 0 Å². The highest BCUT2D eigenvalue weighted by Crippen LogP contribution is 2.45. The van der Waals surface area contributed by atoms with Crippen molar-refractivity contribution < 1.29 is 4.79 Å². The first kappa shape index (κ1) is 20.0. The largest absolute Gasteiger partial charge is 0.358 e. The summed E-state index contributed by atoms with van der Waals surface area (Å²) in [5.74, 6) is 0.764. The molecule has 1 aliphatic carbocycles. The molecular formula is C25H23N3OS2. The highest BCUT2D eigenvalue weighted by molar-refractivity contribution is 7.16. The molecule has 4 nitrogen and oxygen atoms in total. The number of pyridine rings is 1. The van der Waals surface area contributed by atoms with Crippen molar-refractivity contribution in [3.8, 4) is 0 Å². The Hall–Kier alpha value is -2.96. The van der Waals surface area contributed by atoms with Crippen LogP contribution in [-0.4, -0.2) is 10.9 Å². The first-order valence-corrected chi connectivity index (χ1v) is 12.2. The Morgan fingerprint density at radius 2 is 1.81 bits per heavy atom. The SMILES string of the molecule is O=C(Nc1sc2c(c1C(Nc1ccccn1)c1cccs1)CCCC2)c1ccccc1. The van der Waals surface area contributed by atoms with Gasteiger partial charge in [0.15, 0.2) is 0 Å². The minimum absolute atomic E-state index is 0.0564. The third-order valence-electron chi connectivity index (χ3n) is 5.55. The Bertz CT molecular complexity index is 1150. The van der Waals surface area contributed by atoms with Gasteiger partial charge in [0, 0.05) is 27.1 Å². The van der Waals surface area contributed by atoms with E-state index in [9.17, 15) is 4.79 Å². The zero-order valence-corrected chi connectivity index (χ0v) is 18.6. The Morgan fingerprint density at radius 1 is 0.968 bits per heavy atom. The van der Waals surface area contributed by atoms with Crippen LogP contribution in [0.5, 0.6) is 0 Å². The Kier molecular flexibility index (Phi) is 5.82. The van der Waals surface area contributed by atoms with Crippen molar-refractivity contribution >= 4 is 39.4 Å². The van der Waals surface area contributed by atoms with Crippen LogP contribution in [0.3, 0.4) is 0 Å². The fraction of sp³-hybridized carbons (Fsp3) is 0.200. The lowest BCUT2D eigenvalue weighted by Gasteiger charge is -2.22. The van der Waals surface area contributed by atoms with Crippen LogP contribution in [0.2, 0.25) is 0 Å². The molecule has 2 N–H and O–H groups in total. The van der Waals surface area contributed by atoms with E-state index in [1.165, 1.54) is 33.7 Å². The van der Waals surface area contributed by atoms with Crippen LogP contribution >= 0.6 is 22.7 Å². The van der Waals surface area contributed by atoms with E-state index in [0.29, 0.717) is 5.56 Å². The normalized spacial score (nSPS) is 13.9. The number of hydrogen-bond donors (Lipinski definition) is 2. The molecule has 0 bridgehead atoms. The molecule has 31 heavy (non-hydrogen) atoms. The van der Waals surface area contributed by atoms with Crippen molar-refractivity contribution in [1.82, 2.24) is 4.98 Å². The predicted octanol–water partition coefficient (Wildman–Crippen LogP) is 6.54. The van der Waals surface area contributed by atoms with Gasteiger partial charge < -0.3 is 10.6 Å². The summed E-state index contributed by atoms with van der Waals surface area (Å²) < 4.78 is 0. The van der Waals surface area contributed by atoms with Gasteiger partial charge in [-0.2, -0.15) is 0 Å². The van der Waals surface area contributed by atoms with Gasteiger partial charge in [0.2, 0.25) is 0 Å². The van der Waals surface area contributed by atoms with Crippen LogP contribution in [0.25, 0.3) is 0 Å². The van der Waals surface area contributed by atoms with Crippen LogP contribution in [0.15, 0.2) is 72.2 Å². The van der Waals surface area contributed by atoms with E-state index in [1.54, 1.807) is 28.9 Å². The van der Waals surface area contributed by atoms with E-state index >= 15 is 0 Å². The lowest BCUT2D eigenvalue weighted by Crippen LogP contribution is -2.18. The molecule has 5 rings (SSSR count). The van der Waals surface area contributed by atoms with E-state index < -0.39 is 0 Å². The lowest BCUT2D eigenvalue weighted by molar-refractivity contribution is 0.102. The zero-order chi connectivity index (χ0) is 21.0. The summed E-state index contributed by atoms with van der Waals surface area (Å²) in [6.07, 6.45) is 6.32. The number of anilines is 2. The van der Waals surface area contributed by atoms with Crippen molar-refractivity contribution in [3.63, 3.8) is 0 Å².